The van der Waals surface area contributed by atoms with Gasteiger partial charge in [-0.15, -0.1) is 11.3 Å². The highest BCUT2D eigenvalue weighted by Gasteiger charge is 2.13. The van der Waals surface area contributed by atoms with E-state index in [2.05, 4.69) is 53.6 Å². The molecule has 1 aromatic rings. The average Bonchev–Trinajstić information content (AvgIpc) is 2.93. The van der Waals surface area contributed by atoms with Gasteiger partial charge in [0.05, 0.1) is 11.2 Å². The van der Waals surface area contributed by atoms with Crippen molar-refractivity contribution >= 4 is 23.2 Å². The van der Waals surface area contributed by atoms with Crippen molar-refractivity contribution in [2.24, 2.45) is 10.4 Å². The molecule has 0 fully saturated rings. The maximum Gasteiger partial charge on any atom is 0.263 e. The Kier molecular flexibility index (Phi) is 8.18. The van der Waals surface area contributed by atoms with E-state index in [-0.39, 0.29) is 5.91 Å². The number of nitrogens with one attached hydrogen (secondary N) is 3. The molecule has 1 rings (SSSR count). The standard InChI is InChI=1S/C17H31N5OS/c1-12(7-8-17(3,4)5)22-16(18-6)20-10-9-19-15(23)14-13(2)21-11-24-14/h11-12H,7-10H2,1-6H3,(H,19,23)(H2,18,20,22). The summed E-state index contributed by atoms with van der Waals surface area (Å²) in [5.41, 5.74) is 2.80. The zero-order chi connectivity index (χ0) is 18.2. The van der Waals surface area contributed by atoms with Gasteiger partial charge in [-0.25, -0.2) is 4.98 Å². The van der Waals surface area contributed by atoms with E-state index >= 15 is 0 Å². The molecule has 3 N–H and O–H groups in total. The smallest absolute Gasteiger partial charge is 0.263 e. The van der Waals surface area contributed by atoms with Gasteiger partial charge >= 0.3 is 0 Å². The summed E-state index contributed by atoms with van der Waals surface area (Å²) in [6.07, 6.45) is 2.24. The highest BCUT2D eigenvalue weighted by atomic mass is 32.1. The highest BCUT2D eigenvalue weighted by molar-refractivity contribution is 7.11. The number of amides is 1. The second-order valence-corrected chi connectivity index (χ2v) is 8.02. The molecule has 1 atom stereocenters. The van der Waals surface area contributed by atoms with Crippen molar-refractivity contribution in [3.05, 3.63) is 16.1 Å². The number of guanidine groups is 1. The SMILES string of the molecule is CN=C(NCCNC(=O)c1scnc1C)NC(C)CCC(C)(C)C. The number of carbonyl (C=O) groups is 1. The molecule has 1 aromatic heterocycles. The molecule has 0 saturated heterocycles. The van der Waals surface area contributed by atoms with Gasteiger partial charge in [0.2, 0.25) is 0 Å². The van der Waals surface area contributed by atoms with Crippen LogP contribution in [0.3, 0.4) is 0 Å². The number of nitrogens with zero attached hydrogens (tertiary/aromatic N) is 2. The van der Waals surface area contributed by atoms with Crippen LogP contribution in [0.4, 0.5) is 0 Å². The summed E-state index contributed by atoms with van der Waals surface area (Å²) in [6.45, 7) is 11.9. The molecule has 1 heterocycles. The third-order valence-electron chi connectivity index (χ3n) is 3.59. The normalized spacial score (nSPS) is 13.5. The largest absolute Gasteiger partial charge is 0.355 e. The Morgan fingerprint density at radius 3 is 2.54 bits per heavy atom. The molecule has 0 bridgehead atoms. The van der Waals surface area contributed by atoms with Crippen LogP contribution in [-0.2, 0) is 0 Å². The third-order valence-corrected chi connectivity index (χ3v) is 4.52. The van der Waals surface area contributed by atoms with E-state index in [1.165, 1.54) is 11.3 Å². The van der Waals surface area contributed by atoms with Gasteiger partial charge in [-0.1, -0.05) is 20.8 Å². The van der Waals surface area contributed by atoms with Crippen LogP contribution >= 0.6 is 11.3 Å². The second kappa shape index (κ2) is 9.61. The Labute approximate surface area is 149 Å². The molecule has 0 radical (unpaired) electrons. The van der Waals surface area contributed by atoms with Crippen LogP contribution < -0.4 is 16.0 Å². The summed E-state index contributed by atoms with van der Waals surface area (Å²) in [5, 5.41) is 9.50. The fraction of sp³-hybridized carbons (Fsp3) is 0.706. The molecule has 0 aliphatic carbocycles. The summed E-state index contributed by atoms with van der Waals surface area (Å²) in [4.78, 5) is 21.0. The van der Waals surface area contributed by atoms with Gasteiger partial charge in [0.15, 0.2) is 5.96 Å². The highest BCUT2D eigenvalue weighted by Crippen LogP contribution is 2.21. The van der Waals surface area contributed by atoms with Gasteiger partial charge in [-0.05, 0) is 32.1 Å². The van der Waals surface area contributed by atoms with Crippen LogP contribution in [0.5, 0.6) is 0 Å². The van der Waals surface area contributed by atoms with Crippen LogP contribution in [0.15, 0.2) is 10.5 Å². The number of carbonyl (C=O) groups excluding carboxylic acids is 1. The number of aryl methyl sites for hydroxylation is 1. The van der Waals surface area contributed by atoms with E-state index in [1.807, 2.05) is 6.92 Å². The molecule has 1 amide bonds. The second-order valence-electron chi connectivity index (χ2n) is 7.17. The monoisotopic (exact) mass is 353 g/mol. The van der Waals surface area contributed by atoms with Crippen LogP contribution in [0.1, 0.15) is 55.9 Å². The zero-order valence-electron chi connectivity index (χ0n) is 15.7. The average molecular weight is 354 g/mol. The number of rotatable bonds is 7. The topological polar surface area (TPSA) is 78.4 Å². The Morgan fingerprint density at radius 1 is 1.33 bits per heavy atom. The first-order valence-electron chi connectivity index (χ1n) is 8.38. The molecule has 24 heavy (non-hydrogen) atoms. The lowest BCUT2D eigenvalue weighted by Gasteiger charge is -2.23. The number of thiazole rings is 1. The Bertz CT molecular complexity index is 547. The summed E-state index contributed by atoms with van der Waals surface area (Å²) in [7, 11) is 1.76. The molecule has 136 valence electrons. The lowest BCUT2D eigenvalue weighted by Crippen LogP contribution is -2.45. The van der Waals surface area contributed by atoms with Gasteiger partial charge in [0.1, 0.15) is 4.88 Å². The minimum Gasteiger partial charge on any atom is -0.355 e. The van der Waals surface area contributed by atoms with Gasteiger partial charge in [0, 0.05) is 26.2 Å². The van der Waals surface area contributed by atoms with E-state index < -0.39 is 0 Å². The Hall–Kier alpha value is -1.63. The van der Waals surface area contributed by atoms with Gasteiger partial charge in [-0.2, -0.15) is 0 Å². The van der Waals surface area contributed by atoms with Crippen molar-refractivity contribution in [1.82, 2.24) is 20.9 Å². The minimum atomic E-state index is -0.0710. The van der Waals surface area contributed by atoms with Gasteiger partial charge < -0.3 is 16.0 Å². The summed E-state index contributed by atoms with van der Waals surface area (Å²) in [5.74, 6) is 0.693. The van der Waals surface area contributed by atoms with E-state index in [0.717, 1.165) is 24.5 Å². The van der Waals surface area contributed by atoms with Crippen molar-refractivity contribution in [3.8, 4) is 0 Å². The van der Waals surface area contributed by atoms with Gasteiger partial charge in [-0.3, -0.25) is 9.79 Å². The predicted octanol–water partition coefficient (Wildman–Crippen LogP) is 2.56. The maximum atomic E-state index is 12.0. The first-order valence-corrected chi connectivity index (χ1v) is 9.26. The quantitative estimate of drug-likeness (QED) is 0.400. The van der Waals surface area contributed by atoms with Crippen LogP contribution in [-0.4, -0.2) is 43.0 Å². The molecular weight excluding hydrogens is 322 g/mol. The van der Waals surface area contributed by atoms with E-state index in [1.54, 1.807) is 12.6 Å². The lowest BCUT2D eigenvalue weighted by atomic mass is 9.89. The first kappa shape index (κ1) is 20.4. The number of aliphatic imine (C=N–C) groups is 1. The Morgan fingerprint density at radius 2 is 2.00 bits per heavy atom. The summed E-state index contributed by atoms with van der Waals surface area (Å²) < 4.78 is 0. The molecule has 0 aliphatic heterocycles. The molecule has 0 saturated carbocycles. The van der Waals surface area contributed by atoms with Crippen molar-refractivity contribution < 1.29 is 4.79 Å². The molecule has 1 unspecified atom stereocenters. The molecule has 0 spiro atoms. The molecule has 6 nitrogen and oxygen atoms in total. The van der Waals surface area contributed by atoms with Crippen LogP contribution in [0.2, 0.25) is 0 Å². The minimum absolute atomic E-state index is 0.0710. The molecular formula is C17H31N5OS. The maximum absolute atomic E-state index is 12.0. The van der Waals surface area contributed by atoms with Crippen molar-refractivity contribution in [3.63, 3.8) is 0 Å². The molecule has 7 heteroatoms. The summed E-state index contributed by atoms with van der Waals surface area (Å²) in [6, 6.07) is 0.352. The lowest BCUT2D eigenvalue weighted by molar-refractivity contribution is 0.0957. The number of hydrogen-bond acceptors (Lipinski definition) is 4. The Balaban J connectivity index is 2.27. The summed E-state index contributed by atoms with van der Waals surface area (Å²) >= 11 is 1.36. The molecule has 0 aromatic carbocycles. The predicted molar refractivity (Wildman–Crippen MR) is 102 cm³/mol. The fourth-order valence-corrected chi connectivity index (χ4v) is 2.83. The van der Waals surface area contributed by atoms with Crippen molar-refractivity contribution in [2.75, 3.05) is 20.1 Å². The van der Waals surface area contributed by atoms with Crippen LogP contribution in [0.25, 0.3) is 0 Å². The van der Waals surface area contributed by atoms with Crippen LogP contribution in [0, 0.1) is 12.3 Å². The third kappa shape index (κ3) is 7.77. The zero-order valence-corrected chi connectivity index (χ0v) is 16.5. The number of aromatic nitrogens is 1. The van der Waals surface area contributed by atoms with E-state index in [0.29, 0.717) is 29.4 Å². The van der Waals surface area contributed by atoms with Crippen molar-refractivity contribution in [1.29, 1.82) is 0 Å². The van der Waals surface area contributed by atoms with E-state index in [4.69, 9.17) is 0 Å². The first-order chi connectivity index (χ1) is 11.2. The van der Waals surface area contributed by atoms with E-state index in [9.17, 15) is 4.79 Å². The number of hydrogen-bond donors (Lipinski definition) is 3. The fourth-order valence-electron chi connectivity index (χ4n) is 2.11. The van der Waals surface area contributed by atoms with Gasteiger partial charge in [0.25, 0.3) is 5.91 Å². The molecule has 0 aliphatic rings. The van der Waals surface area contributed by atoms with Crippen molar-refractivity contribution in [2.45, 2.75) is 53.5 Å².